The molecule has 0 bridgehead atoms. The molecule has 0 aliphatic carbocycles. The molecule has 1 aromatic carbocycles. The number of hydrogen-bond donors (Lipinski definition) is 1. The van der Waals surface area contributed by atoms with Crippen molar-refractivity contribution in [2.75, 3.05) is 25.6 Å². The van der Waals surface area contributed by atoms with Gasteiger partial charge in [-0.15, -0.1) is 0 Å². The first-order valence-corrected chi connectivity index (χ1v) is 4.59. The van der Waals surface area contributed by atoms with Crippen molar-refractivity contribution in [3.63, 3.8) is 0 Å². The second-order valence-electron chi connectivity index (χ2n) is 3.15. The van der Waals surface area contributed by atoms with Gasteiger partial charge in [0.25, 0.3) is 0 Å². The summed E-state index contributed by atoms with van der Waals surface area (Å²) < 4.78 is 0. The molecule has 0 atom stereocenters. The van der Waals surface area contributed by atoms with Crippen molar-refractivity contribution in [1.82, 2.24) is 0 Å². The highest BCUT2D eigenvalue weighted by Gasteiger charge is 2.03. The van der Waals surface area contributed by atoms with E-state index in [-0.39, 0.29) is 6.61 Å². The number of halogens is 1. The molecule has 1 N–H and O–H groups in total. The van der Waals surface area contributed by atoms with Crippen LogP contribution in [0.1, 0.15) is 5.56 Å². The van der Waals surface area contributed by atoms with Crippen LogP contribution >= 0.6 is 11.6 Å². The number of rotatable bonds is 3. The maximum absolute atomic E-state index is 8.77. The zero-order chi connectivity index (χ0) is 9.84. The Hall–Kier alpha value is -0.730. The second-order valence-corrected chi connectivity index (χ2v) is 3.56. The first-order chi connectivity index (χ1) is 6.15. The molecular formula is C10H14ClNO. The van der Waals surface area contributed by atoms with E-state index in [1.807, 2.05) is 37.2 Å². The van der Waals surface area contributed by atoms with Gasteiger partial charge in [-0.2, -0.15) is 0 Å². The standard InChI is InChI=1S/C10H14ClNO/c1-12(2)10-7-8(5-6-13)3-4-9(10)11/h3-4,7,13H,5-6H2,1-2H3. The summed E-state index contributed by atoms with van der Waals surface area (Å²) >= 11 is 5.99. The molecule has 72 valence electrons. The van der Waals surface area contributed by atoms with E-state index < -0.39 is 0 Å². The van der Waals surface area contributed by atoms with Crippen molar-refractivity contribution >= 4 is 17.3 Å². The third-order valence-electron chi connectivity index (χ3n) is 1.89. The Morgan fingerprint density at radius 1 is 1.38 bits per heavy atom. The second kappa shape index (κ2) is 4.49. The molecule has 3 heteroatoms. The molecule has 1 rings (SSSR count). The summed E-state index contributed by atoms with van der Waals surface area (Å²) in [7, 11) is 3.90. The summed E-state index contributed by atoms with van der Waals surface area (Å²) in [6, 6.07) is 5.80. The van der Waals surface area contributed by atoms with Gasteiger partial charge >= 0.3 is 0 Å². The van der Waals surface area contributed by atoms with Gasteiger partial charge in [-0.3, -0.25) is 0 Å². The molecule has 0 aliphatic rings. The van der Waals surface area contributed by atoms with Crippen LogP contribution in [0.4, 0.5) is 5.69 Å². The maximum atomic E-state index is 8.77. The Balaban J connectivity index is 2.97. The van der Waals surface area contributed by atoms with E-state index in [4.69, 9.17) is 16.7 Å². The largest absolute Gasteiger partial charge is 0.396 e. The third kappa shape index (κ3) is 2.61. The smallest absolute Gasteiger partial charge is 0.0639 e. The van der Waals surface area contributed by atoms with Gasteiger partial charge in [0.1, 0.15) is 0 Å². The van der Waals surface area contributed by atoms with Crippen LogP contribution in [0.15, 0.2) is 18.2 Å². The molecule has 0 unspecified atom stereocenters. The molecule has 13 heavy (non-hydrogen) atoms. The van der Waals surface area contributed by atoms with Crippen molar-refractivity contribution in [2.45, 2.75) is 6.42 Å². The zero-order valence-corrected chi connectivity index (χ0v) is 8.67. The molecule has 0 aliphatic heterocycles. The average Bonchev–Trinajstić information content (AvgIpc) is 2.08. The minimum absolute atomic E-state index is 0.175. The molecule has 0 radical (unpaired) electrons. The summed E-state index contributed by atoms with van der Waals surface area (Å²) in [6.45, 7) is 0.175. The lowest BCUT2D eigenvalue weighted by molar-refractivity contribution is 0.299. The van der Waals surface area contributed by atoms with Gasteiger partial charge in [0.05, 0.1) is 10.7 Å². The molecule has 0 fully saturated rings. The normalized spacial score (nSPS) is 10.2. The predicted octanol–water partition coefficient (Wildman–Crippen LogP) is 1.94. The average molecular weight is 200 g/mol. The first-order valence-electron chi connectivity index (χ1n) is 4.21. The summed E-state index contributed by atoms with van der Waals surface area (Å²) in [6.07, 6.45) is 0.679. The van der Waals surface area contributed by atoms with E-state index in [1.165, 1.54) is 0 Å². The van der Waals surface area contributed by atoms with E-state index in [2.05, 4.69) is 0 Å². The lowest BCUT2D eigenvalue weighted by atomic mass is 10.1. The van der Waals surface area contributed by atoms with Gasteiger partial charge < -0.3 is 10.0 Å². The van der Waals surface area contributed by atoms with E-state index >= 15 is 0 Å². The van der Waals surface area contributed by atoms with Gasteiger partial charge in [0.2, 0.25) is 0 Å². The van der Waals surface area contributed by atoms with E-state index in [9.17, 15) is 0 Å². The summed E-state index contributed by atoms with van der Waals surface area (Å²) in [5, 5.41) is 9.51. The molecule has 0 saturated carbocycles. The Kier molecular flexibility index (Phi) is 3.58. The highest BCUT2D eigenvalue weighted by molar-refractivity contribution is 6.33. The molecule has 1 aromatic rings. The minimum atomic E-state index is 0.175. The molecule has 0 aromatic heterocycles. The van der Waals surface area contributed by atoms with Crippen LogP contribution in [0.3, 0.4) is 0 Å². The lowest BCUT2D eigenvalue weighted by Gasteiger charge is -2.15. The number of benzene rings is 1. The molecule has 0 spiro atoms. The summed E-state index contributed by atoms with van der Waals surface area (Å²) in [5.41, 5.74) is 2.10. The van der Waals surface area contributed by atoms with Gasteiger partial charge in [0.15, 0.2) is 0 Å². The third-order valence-corrected chi connectivity index (χ3v) is 2.21. The van der Waals surface area contributed by atoms with E-state index in [0.29, 0.717) is 6.42 Å². The van der Waals surface area contributed by atoms with Crippen molar-refractivity contribution in [3.05, 3.63) is 28.8 Å². The Morgan fingerprint density at radius 2 is 2.08 bits per heavy atom. The topological polar surface area (TPSA) is 23.5 Å². The van der Waals surface area contributed by atoms with Crippen LogP contribution in [0.25, 0.3) is 0 Å². The summed E-state index contributed by atoms with van der Waals surface area (Å²) in [4.78, 5) is 1.96. The number of hydrogen-bond acceptors (Lipinski definition) is 2. The quantitative estimate of drug-likeness (QED) is 0.805. The highest BCUT2D eigenvalue weighted by Crippen LogP contribution is 2.25. The number of anilines is 1. The van der Waals surface area contributed by atoms with Crippen LogP contribution < -0.4 is 4.90 Å². The van der Waals surface area contributed by atoms with Crippen molar-refractivity contribution < 1.29 is 5.11 Å². The Labute approximate surface area is 83.7 Å². The minimum Gasteiger partial charge on any atom is -0.396 e. The monoisotopic (exact) mass is 199 g/mol. The lowest BCUT2D eigenvalue weighted by Crippen LogP contribution is -2.09. The molecular weight excluding hydrogens is 186 g/mol. The molecule has 0 heterocycles. The van der Waals surface area contributed by atoms with Crippen LogP contribution in [0, 0.1) is 0 Å². The Bertz CT molecular complexity index is 286. The number of aliphatic hydroxyl groups is 1. The fraction of sp³-hybridized carbons (Fsp3) is 0.400. The molecule has 2 nitrogen and oxygen atoms in total. The molecule has 0 amide bonds. The number of nitrogens with zero attached hydrogens (tertiary/aromatic N) is 1. The SMILES string of the molecule is CN(C)c1cc(CCO)ccc1Cl. The highest BCUT2D eigenvalue weighted by atomic mass is 35.5. The fourth-order valence-corrected chi connectivity index (χ4v) is 1.47. The van der Waals surface area contributed by atoms with Crippen molar-refractivity contribution in [1.29, 1.82) is 0 Å². The van der Waals surface area contributed by atoms with Crippen LogP contribution in [-0.4, -0.2) is 25.8 Å². The molecule has 0 saturated heterocycles. The van der Waals surface area contributed by atoms with Crippen molar-refractivity contribution in [3.8, 4) is 0 Å². The van der Waals surface area contributed by atoms with Gasteiger partial charge in [0, 0.05) is 20.7 Å². The van der Waals surface area contributed by atoms with E-state index in [1.54, 1.807) is 0 Å². The zero-order valence-electron chi connectivity index (χ0n) is 7.92. The first kappa shape index (κ1) is 10.4. The van der Waals surface area contributed by atoms with Gasteiger partial charge in [-0.1, -0.05) is 17.7 Å². The predicted molar refractivity (Wildman–Crippen MR) is 56.6 cm³/mol. The number of aliphatic hydroxyl groups excluding tert-OH is 1. The summed E-state index contributed by atoms with van der Waals surface area (Å²) in [5.74, 6) is 0. The van der Waals surface area contributed by atoms with Gasteiger partial charge in [-0.25, -0.2) is 0 Å². The van der Waals surface area contributed by atoms with Gasteiger partial charge in [-0.05, 0) is 24.1 Å². The maximum Gasteiger partial charge on any atom is 0.0639 e. The van der Waals surface area contributed by atoms with Crippen LogP contribution in [0.5, 0.6) is 0 Å². The van der Waals surface area contributed by atoms with Crippen molar-refractivity contribution in [2.24, 2.45) is 0 Å². The van der Waals surface area contributed by atoms with Crippen LogP contribution in [0.2, 0.25) is 5.02 Å². The van der Waals surface area contributed by atoms with E-state index in [0.717, 1.165) is 16.3 Å². The van der Waals surface area contributed by atoms with Crippen LogP contribution in [-0.2, 0) is 6.42 Å². The fourth-order valence-electron chi connectivity index (χ4n) is 1.19. The Morgan fingerprint density at radius 3 is 2.62 bits per heavy atom.